The van der Waals surface area contributed by atoms with Crippen LogP contribution in [0.25, 0.3) is 10.1 Å². The quantitative estimate of drug-likeness (QED) is 0.623. The molecule has 0 bridgehead atoms. The average molecular weight is 397 g/mol. The first-order chi connectivity index (χ1) is 11.8. The number of fused-ring (bicyclic) bond motifs is 1. The molecule has 0 saturated heterocycles. The van der Waals surface area contributed by atoms with Crippen LogP contribution >= 0.6 is 18.9 Å². The highest BCUT2D eigenvalue weighted by Gasteiger charge is 2.32. The Bertz CT molecular complexity index is 994. The standard InChI is InChI=1S/C16H16NO5PS2/c18-23(19,20)12-17(11-13-6-2-1-3-7-13)25(21,22)16-10-14-8-4-5-9-15(14)24-16/h1-10H,11-12H2,(H2,18,19,20). The van der Waals surface area contributed by atoms with Crippen molar-refractivity contribution in [1.29, 1.82) is 0 Å². The minimum absolute atomic E-state index is 0.0677. The van der Waals surface area contributed by atoms with Gasteiger partial charge in [-0.3, -0.25) is 4.57 Å². The lowest BCUT2D eigenvalue weighted by Crippen LogP contribution is -2.31. The van der Waals surface area contributed by atoms with Crippen molar-refractivity contribution < 1.29 is 22.8 Å². The molecule has 1 heterocycles. The van der Waals surface area contributed by atoms with Crippen molar-refractivity contribution in [2.24, 2.45) is 0 Å². The van der Waals surface area contributed by atoms with Gasteiger partial charge in [0.25, 0.3) is 10.0 Å². The first kappa shape index (κ1) is 18.3. The molecule has 3 rings (SSSR count). The number of thiophene rings is 1. The zero-order chi connectivity index (χ0) is 18.1. The van der Waals surface area contributed by atoms with Crippen LogP contribution in [-0.2, 0) is 21.1 Å². The summed E-state index contributed by atoms with van der Waals surface area (Å²) in [5.74, 6) is 0. The van der Waals surface area contributed by atoms with E-state index in [0.29, 0.717) is 5.56 Å². The topological polar surface area (TPSA) is 94.9 Å². The first-order valence-electron chi connectivity index (χ1n) is 7.33. The van der Waals surface area contributed by atoms with E-state index < -0.39 is 23.9 Å². The Morgan fingerprint density at radius 2 is 1.64 bits per heavy atom. The largest absolute Gasteiger partial charge is 0.340 e. The SMILES string of the molecule is O=P(O)(O)CN(Cc1ccccc1)S(=O)(=O)c1cc2ccccc2s1. The summed E-state index contributed by atoms with van der Waals surface area (Å²) in [5.41, 5.74) is 0.653. The molecule has 0 aliphatic heterocycles. The maximum atomic E-state index is 13.0. The van der Waals surface area contributed by atoms with Gasteiger partial charge in [-0.05, 0) is 23.1 Å². The van der Waals surface area contributed by atoms with Crippen LogP contribution in [0, 0.1) is 0 Å². The van der Waals surface area contributed by atoms with Crippen molar-refractivity contribution in [3.63, 3.8) is 0 Å². The highest BCUT2D eigenvalue weighted by Crippen LogP contribution is 2.39. The molecule has 0 aliphatic carbocycles. The van der Waals surface area contributed by atoms with Gasteiger partial charge >= 0.3 is 7.60 Å². The third kappa shape index (κ3) is 4.36. The molecule has 6 nitrogen and oxygen atoms in total. The number of hydrogen-bond acceptors (Lipinski definition) is 4. The maximum Gasteiger partial charge on any atom is 0.340 e. The third-order valence-electron chi connectivity index (χ3n) is 3.54. The second kappa shape index (κ2) is 6.99. The number of rotatable bonds is 6. The molecule has 25 heavy (non-hydrogen) atoms. The molecule has 0 fully saturated rings. The van der Waals surface area contributed by atoms with Gasteiger partial charge in [0.2, 0.25) is 0 Å². The van der Waals surface area contributed by atoms with Crippen LogP contribution in [0.4, 0.5) is 0 Å². The Hall–Kier alpha value is -1.54. The summed E-state index contributed by atoms with van der Waals surface area (Å²) < 4.78 is 39.1. The summed E-state index contributed by atoms with van der Waals surface area (Å²) in [6, 6.07) is 17.5. The fraction of sp³-hybridized carbons (Fsp3) is 0.125. The second-order valence-corrected chi connectivity index (χ2v) is 10.4. The van der Waals surface area contributed by atoms with Crippen molar-refractivity contribution in [2.75, 3.05) is 6.29 Å². The molecule has 3 aromatic rings. The van der Waals surface area contributed by atoms with Crippen molar-refractivity contribution in [3.05, 3.63) is 66.2 Å². The number of sulfonamides is 1. The van der Waals surface area contributed by atoms with Gasteiger partial charge < -0.3 is 9.79 Å². The van der Waals surface area contributed by atoms with E-state index in [9.17, 15) is 22.8 Å². The van der Waals surface area contributed by atoms with Gasteiger partial charge in [-0.1, -0.05) is 48.5 Å². The molecule has 0 amide bonds. The third-order valence-corrected chi connectivity index (χ3v) is 7.80. The number of hydrogen-bond donors (Lipinski definition) is 2. The van der Waals surface area contributed by atoms with E-state index in [1.165, 1.54) is 6.07 Å². The number of nitrogens with zero attached hydrogens (tertiary/aromatic N) is 1. The summed E-state index contributed by atoms with van der Waals surface area (Å²) in [4.78, 5) is 18.6. The highest BCUT2D eigenvalue weighted by molar-refractivity contribution is 7.91. The monoisotopic (exact) mass is 397 g/mol. The minimum Gasteiger partial charge on any atom is -0.324 e. The average Bonchev–Trinajstić information content (AvgIpc) is 2.99. The molecule has 132 valence electrons. The van der Waals surface area contributed by atoms with Gasteiger partial charge in [-0.15, -0.1) is 11.3 Å². The van der Waals surface area contributed by atoms with E-state index in [-0.39, 0.29) is 10.8 Å². The van der Waals surface area contributed by atoms with Crippen LogP contribution in [-0.4, -0.2) is 28.8 Å². The Morgan fingerprint density at radius 1 is 1.00 bits per heavy atom. The molecule has 9 heteroatoms. The zero-order valence-corrected chi connectivity index (χ0v) is 15.5. The Kier molecular flexibility index (Phi) is 5.11. The predicted molar refractivity (Wildman–Crippen MR) is 97.9 cm³/mol. The van der Waals surface area contributed by atoms with Crippen molar-refractivity contribution in [3.8, 4) is 0 Å². The summed E-state index contributed by atoms with van der Waals surface area (Å²) in [6.45, 7) is -0.109. The van der Waals surface area contributed by atoms with Crippen molar-refractivity contribution in [2.45, 2.75) is 10.8 Å². The summed E-state index contributed by atoms with van der Waals surface area (Å²) in [6.07, 6.45) is -0.863. The van der Waals surface area contributed by atoms with E-state index in [1.54, 1.807) is 36.4 Å². The molecular weight excluding hydrogens is 381 g/mol. The second-order valence-electron chi connectivity index (χ2n) is 5.51. The fourth-order valence-corrected chi connectivity index (χ4v) is 6.64. The molecule has 1 aromatic heterocycles. The van der Waals surface area contributed by atoms with E-state index >= 15 is 0 Å². The molecule has 2 N–H and O–H groups in total. The molecule has 0 aliphatic rings. The number of benzene rings is 2. The van der Waals surface area contributed by atoms with Crippen LogP contribution in [0.1, 0.15) is 5.56 Å². The molecule has 0 spiro atoms. The van der Waals surface area contributed by atoms with E-state index in [1.807, 2.05) is 18.2 Å². The first-order valence-corrected chi connectivity index (χ1v) is 11.4. The highest BCUT2D eigenvalue weighted by atomic mass is 32.2. The molecule has 0 atom stereocenters. The van der Waals surface area contributed by atoms with Gasteiger partial charge in [-0.2, -0.15) is 4.31 Å². The fourth-order valence-electron chi connectivity index (χ4n) is 2.42. The van der Waals surface area contributed by atoms with Crippen LogP contribution in [0.2, 0.25) is 0 Å². The van der Waals surface area contributed by atoms with E-state index in [4.69, 9.17) is 0 Å². The normalized spacial score (nSPS) is 12.8. The Morgan fingerprint density at radius 3 is 2.28 bits per heavy atom. The predicted octanol–water partition coefficient (Wildman–Crippen LogP) is 3.23. The van der Waals surface area contributed by atoms with Crippen molar-refractivity contribution in [1.82, 2.24) is 4.31 Å². The van der Waals surface area contributed by atoms with E-state index in [2.05, 4.69) is 0 Å². The lowest BCUT2D eigenvalue weighted by Gasteiger charge is -2.21. The van der Waals surface area contributed by atoms with Gasteiger partial charge in [-0.25, -0.2) is 8.42 Å². The smallest absolute Gasteiger partial charge is 0.324 e. The summed E-state index contributed by atoms with van der Waals surface area (Å²) in [5, 5.41) is 0.780. The van der Waals surface area contributed by atoms with Gasteiger partial charge in [0.1, 0.15) is 10.5 Å². The molecule has 0 radical (unpaired) electrons. The Labute approximate surface area is 149 Å². The van der Waals surface area contributed by atoms with Gasteiger partial charge in [0, 0.05) is 11.2 Å². The van der Waals surface area contributed by atoms with Gasteiger partial charge in [0.15, 0.2) is 0 Å². The van der Waals surface area contributed by atoms with Crippen LogP contribution < -0.4 is 0 Å². The van der Waals surface area contributed by atoms with Crippen LogP contribution in [0.15, 0.2) is 64.9 Å². The lowest BCUT2D eigenvalue weighted by molar-refractivity contribution is 0.341. The molecule has 0 unspecified atom stereocenters. The van der Waals surface area contributed by atoms with Gasteiger partial charge in [0.05, 0.1) is 0 Å². The molecule has 0 saturated carbocycles. The molecular formula is C16H16NO5PS2. The minimum atomic E-state index is -4.56. The lowest BCUT2D eigenvalue weighted by atomic mass is 10.2. The maximum absolute atomic E-state index is 13.0. The Balaban J connectivity index is 2.02. The zero-order valence-electron chi connectivity index (χ0n) is 13.0. The summed E-state index contributed by atoms with van der Waals surface area (Å²) >= 11 is 1.09. The molecule has 2 aromatic carbocycles. The van der Waals surface area contributed by atoms with E-state index in [0.717, 1.165) is 25.7 Å². The van der Waals surface area contributed by atoms with Crippen LogP contribution in [0.5, 0.6) is 0 Å². The summed E-state index contributed by atoms with van der Waals surface area (Å²) in [7, 11) is -8.59. The van der Waals surface area contributed by atoms with Crippen molar-refractivity contribution >= 4 is 39.0 Å². The van der Waals surface area contributed by atoms with Crippen LogP contribution in [0.3, 0.4) is 0 Å².